The summed E-state index contributed by atoms with van der Waals surface area (Å²) < 4.78 is 2.08. The minimum atomic E-state index is -0.886. The van der Waals surface area contributed by atoms with Gasteiger partial charge in [0.1, 0.15) is 5.82 Å². The van der Waals surface area contributed by atoms with Crippen LogP contribution in [0.5, 0.6) is 0 Å². The van der Waals surface area contributed by atoms with Crippen LogP contribution in [0, 0.1) is 0 Å². The molecule has 142 valence electrons. The molecule has 0 amide bonds. The van der Waals surface area contributed by atoms with E-state index in [-0.39, 0.29) is 24.8 Å². The van der Waals surface area contributed by atoms with Gasteiger partial charge in [0, 0.05) is 24.0 Å². The Morgan fingerprint density at radius 1 is 1.19 bits per heavy atom. The molecule has 1 unspecified atom stereocenters. The van der Waals surface area contributed by atoms with Crippen molar-refractivity contribution in [2.24, 2.45) is 0 Å². The summed E-state index contributed by atoms with van der Waals surface area (Å²) in [4.78, 5) is 20.3. The van der Waals surface area contributed by atoms with Crippen LogP contribution in [-0.2, 0) is 24.1 Å². The third kappa shape index (κ3) is 3.91. The number of carboxylic acid groups (broad SMARTS) is 1. The van der Waals surface area contributed by atoms with Crippen molar-refractivity contribution in [3.8, 4) is 5.69 Å². The maximum atomic E-state index is 11.8. The van der Waals surface area contributed by atoms with Crippen molar-refractivity contribution in [3.63, 3.8) is 0 Å². The van der Waals surface area contributed by atoms with Crippen LogP contribution in [0.25, 0.3) is 5.69 Å². The summed E-state index contributed by atoms with van der Waals surface area (Å²) in [7, 11) is 0. The maximum absolute atomic E-state index is 11.8. The number of para-hydroxylation sites is 1. The number of rotatable bonds is 4. The van der Waals surface area contributed by atoms with Gasteiger partial charge in [0.2, 0.25) is 0 Å². The Kier molecular flexibility index (Phi) is 6.46. The van der Waals surface area contributed by atoms with Crippen LogP contribution < -0.4 is 5.73 Å². The van der Waals surface area contributed by atoms with Crippen molar-refractivity contribution in [2.45, 2.75) is 25.2 Å². The Balaban J connectivity index is 0.00000131. The molecule has 27 heavy (non-hydrogen) atoms. The van der Waals surface area contributed by atoms with E-state index in [0.717, 1.165) is 29.9 Å². The molecule has 3 aromatic rings. The molecular weight excluding hydrogens is 387 g/mol. The molecule has 0 saturated carbocycles. The second kappa shape index (κ2) is 8.41. The molecule has 1 aliphatic rings. The summed E-state index contributed by atoms with van der Waals surface area (Å²) in [6.45, 7) is 0. The SMILES string of the molecule is Cl.Cl.Nc1cc(C(Cc2ncn3c2CCc2ccccc2-3)C(=O)O)ccn1. The number of carbonyl (C=O) groups is 1. The standard InChI is InChI=1S/C19H18N4O2.2ClH/c20-18-9-13(7-8-21-18)14(19(24)25)10-15-17-6-5-12-3-1-2-4-16(12)23(17)11-22-15;;/h1-4,7-9,11,14H,5-6,10H2,(H2,20,21)(H,24,25);2*1H. The molecule has 0 radical (unpaired) electrons. The predicted molar refractivity (Wildman–Crippen MR) is 108 cm³/mol. The Labute approximate surface area is 169 Å². The average molecular weight is 407 g/mol. The third-order valence-corrected chi connectivity index (χ3v) is 4.74. The minimum Gasteiger partial charge on any atom is -0.481 e. The number of hydrogen-bond acceptors (Lipinski definition) is 4. The molecule has 4 rings (SSSR count). The van der Waals surface area contributed by atoms with E-state index in [1.54, 1.807) is 24.7 Å². The fourth-order valence-electron chi connectivity index (χ4n) is 3.49. The quantitative estimate of drug-likeness (QED) is 0.693. The molecule has 0 fully saturated rings. The molecule has 1 aromatic carbocycles. The number of nitrogens with two attached hydrogens (primary N) is 1. The molecule has 3 heterocycles. The zero-order valence-corrected chi connectivity index (χ0v) is 16.0. The number of aromatic nitrogens is 3. The van der Waals surface area contributed by atoms with Crippen LogP contribution in [0.3, 0.4) is 0 Å². The first-order valence-corrected chi connectivity index (χ1v) is 8.21. The number of imidazole rings is 1. The number of nitrogens with zero attached hydrogens (tertiary/aromatic N) is 3. The van der Waals surface area contributed by atoms with Crippen LogP contribution in [0.2, 0.25) is 0 Å². The van der Waals surface area contributed by atoms with E-state index in [2.05, 4.69) is 26.7 Å². The van der Waals surface area contributed by atoms with Gasteiger partial charge in [0.25, 0.3) is 0 Å². The predicted octanol–water partition coefficient (Wildman–Crippen LogP) is 3.20. The van der Waals surface area contributed by atoms with Crippen molar-refractivity contribution < 1.29 is 9.90 Å². The minimum absolute atomic E-state index is 0. The molecule has 1 aliphatic heterocycles. The second-order valence-electron chi connectivity index (χ2n) is 6.25. The number of hydrogen-bond donors (Lipinski definition) is 2. The number of pyridine rings is 1. The van der Waals surface area contributed by atoms with Gasteiger partial charge in [-0.3, -0.25) is 4.79 Å². The van der Waals surface area contributed by atoms with E-state index in [9.17, 15) is 9.90 Å². The monoisotopic (exact) mass is 406 g/mol. The fraction of sp³-hybridized carbons (Fsp3) is 0.211. The van der Waals surface area contributed by atoms with Crippen molar-refractivity contribution in [3.05, 3.63) is 71.4 Å². The average Bonchev–Trinajstić information content (AvgIpc) is 3.02. The molecule has 0 spiro atoms. The molecular formula is C19H20Cl2N4O2. The lowest BCUT2D eigenvalue weighted by Gasteiger charge is -2.20. The molecule has 0 aliphatic carbocycles. The van der Waals surface area contributed by atoms with Crippen molar-refractivity contribution in [1.29, 1.82) is 0 Å². The zero-order chi connectivity index (χ0) is 17.4. The summed E-state index contributed by atoms with van der Waals surface area (Å²) in [6.07, 6.45) is 5.47. The van der Waals surface area contributed by atoms with Crippen LogP contribution >= 0.6 is 24.8 Å². The zero-order valence-electron chi connectivity index (χ0n) is 14.4. The number of anilines is 1. The van der Waals surface area contributed by atoms with Gasteiger partial charge in [-0.05, 0) is 42.2 Å². The van der Waals surface area contributed by atoms with Gasteiger partial charge in [-0.25, -0.2) is 9.97 Å². The number of nitrogen functional groups attached to an aromatic ring is 1. The first-order valence-electron chi connectivity index (χ1n) is 8.21. The number of benzene rings is 1. The van der Waals surface area contributed by atoms with E-state index >= 15 is 0 Å². The second-order valence-corrected chi connectivity index (χ2v) is 6.25. The van der Waals surface area contributed by atoms with Gasteiger partial charge in [0.05, 0.1) is 17.9 Å². The molecule has 8 heteroatoms. The third-order valence-electron chi connectivity index (χ3n) is 4.74. The van der Waals surface area contributed by atoms with Crippen LogP contribution in [-0.4, -0.2) is 25.6 Å². The van der Waals surface area contributed by atoms with E-state index in [0.29, 0.717) is 17.8 Å². The highest BCUT2D eigenvalue weighted by molar-refractivity contribution is 5.85. The van der Waals surface area contributed by atoms with Crippen LogP contribution in [0.1, 0.15) is 28.4 Å². The van der Waals surface area contributed by atoms with E-state index in [4.69, 9.17) is 5.73 Å². The topological polar surface area (TPSA) is 94.0 Å². The first-order chi connectivity index (χ1) is 12.1. The number of fused-ring (bicyclic) bond motifs is 3. The van der Waals surface area contributed by atoms with Crippen molar-refractivity contribution in [1.82, 2.24) is 14.5 Å². The Hall–Kier alpha value is -2.57. The van der Waals surface area contributed by atoms with E-state index in [1.807, 2.05) is 12.1 Å². The summed E-state index contributed by atoms with van der Waals surface area (Å²) in [5.74, 6) is -1.25. The number of carboxylic acids is 1. The van der Waals surface area contributed by atoms with Gasteiger partial charge in [0.15, 0.2) is 0 Å². The highest BCUT2D eigenvalue weighted by atomic mass is 35.5. The molecule has 6 nitrogen and oxygen atoms in total. The smallest absolute Gasteiger partial charge is 0.311 e. The summed E-state index contributed by atoms with van der Waals surface area (Å²) in [5.41, 5.74) is 10.7. The fourth-order valence-corrected chi connectivity index (χ4v) is 3.49. The summed E-state index contributed by atoms with van der Waals surface area (Å²) in [5, 5.41) is 9.68. The molecule has 0 bridgehead atoms. The van der Waals surface area contributed by atoms with Gasteiger partial charge in [-0.2, -0.15) is 0 Å². The van der Waals surface area contributed by atoms with Gasteiger partial charge < -0.3 is 15.4 Å². The first kappa shape index (κ1) is 20.7. The molecule has 0 saturated heterocycles. The van der Waals surface area contributed by atoms with Crippen LogP contribution in [0.4, 0.5) is 5.82 Å². The normalized spacial score (nSPS) is 12.7. The summed E-state index contributed by atoms with van der Waals surface area (Å²) >= 11 is 0. The van der Waals surface area contributed by atoms with Gasteiger partial charge in [-0.15, -0.1) is 24.8 Å². The highest BCUT2D eigenvalue weighted by Crippen LogP contribution is 2.29. The van der Waals surface area contributed by atoms with E-state index in [1.165, 1.54) is 5.56 Å². The lowest BCUT2D eigenvalue weighted by atomic mass is 9.92. The highest BCUT2D eigenvalue weighted by Gasteiger charge is 2.26. The molecule has 2 aromatic heterocycles. The molecule has 3 N–H and O–H groups in total. The number of aliphatic carboxylic acids is 1. The lowest BCUT2D eigenvalue weighted by Crippen LogP contribution is -2.18. The number of aryl methyl sites for hydroxylation is 1. The Morgan fingerprint density at radius 3 is 2.70 bits per heavy atom. The number of halogens is 2. The van der Waals surface area contributed by atoms with Crippen LogP contribution in [0.15, 0.2) is 48.9 Å². The Morgan fingerprint density at radius 2 is 1.96 bits per heavy atom. The van der Waals surface area contributed by atoms with E-state index < -0.39 is 11.9 Å². The van der Waals surface area contributed by atoms with Crippen molar-refractivity contribution in [2.75, 3.05) is 5.73 Å². The lowest BCUT2D eigenvalue weighted by molar-refractivity contribution is -0.138. The van der Waals surface area contributed by atoms with Gasteiger partial charge >= 0.3 is 5.97 Å². The van der Waals surface area contributed by atoms with Gasteiger partial charge in [-0.1, -0.05) is 18.2 Å². The largest absolute Gasteiger partial charge is 0.481 e. The molecule has 1 atom stereocenters. The maximum Gasteiger partial charge on any atom is 0.311 e. The summed E-state index contributed by atoms with van der Waals surface area (Å²) in [6, 6.07) is 11.6. The van der Waals surface area contributed by atoms with Crippen molar-refractivity contribution >= 4 is 36.6 Å². The Bertz CT molecular complexity index is 958.